The maximum absolute atomic E-state index is 13.0. The van der Waals surface area contributed by atoms with Crippen molar-refractivity contribution in [1.82, 2.24) is 5.01 Å². The van der Waals surface area contributed by atoms with Crippen LogP contribution in [0.5, 0.6) is 11.5 Å². The van der Waals surface area contributed by atoms with Crippen LogP contribution in [0, 0.1) is 35.5 Å². The lowest BCUT2D eigenvalue weighted by molar-refractivity contribution is -0.140. The fourth-order valence-corrected chi connectivity index (χ4v) is 5.92. The van der Waals surface area contributed by atoms with Crippen LogP contribution in [0.3, 0.4) is 0 Å². The van der Waals surface area contributed by atoms with Gasteiger partial charge in [-0.2, -0.15) is 10.1 Å². The number of amides is 2. The Kier molecular flexibility index (Phi) is 4.12. The van der Waals surface area contributed by atoms with Gasteiger partial charge in [-0.1, -0.05) is 12.2 Å². The minimum Gasteiger partial charge on any atom is -0.492 e. The van der Waals surface area contributed by atoms with Crippen LogP contribution in [0.15, 0.2) is 33.9 Å². The summed E-state index contributed by atoms with van der Waals surface area (Å²) in [7, 11) is 1.58. The van der Waals surface area contributed by atoms with E-state index in [9.17, 15) is 9.59 Å². The lowest BCUT2D eigenvalue weighted by Gasteiger charge is -2.37. The van der Waals surface area contributed by atoms with E-state index < -0.39 is 0 Å². The Hall–Kier alpha value is -2.15. The lowest BCUT2D eigenvalue weighted by Crippen LogP contribution is -2.40. The number of nitrogens with zero attached hydrogens (tertiary/aromatic N) is 2. The van der Waals surface area contributed by atoms with E-state index in [0.29, 0.717) is 29.9 Å². The molecule has 1 saturated heterocycles. The highest BCUT2D eigenvalue weighted by Crippen LogP contribution is 2.65. The number of carbonyl (C=O) groups is 2. The number of allylic oxidation sites excluding steroid dienone is 2. The van der Waals surface area contributed by atoms with Crippen LogP contribution in [0.25, 0.3) is 0 Å². The molecular formula is C21H21BrN2O4. The first-order chi connectivity index (χ1) is 13.5. The van der Waals surface area contributed by atoms with Crippen LogP contribution in [-0.4, -0.2) is 36.8 Å². The SMILES string of the molecule is CCOc1cc(C=NN2C(=O)[C@@H]3[C@H]4C=C[C@@H]([C@@H]5C[C@@H]45)[C@@H]3C2=O)cc(Br)c1OC. The smallest absolute Gasteiger partial charge is 0.254 e. The van der Waals surface area contributed by atoms with Gasteiger partial charge in [0.15, 0.2) is 11.5 Å². The summed E-state index contributed by atoms with van der Waals surface area (Å²) >= 11 is 3.47. The van der Waals surface area contributed by atoms with Gasteiger partial charge in [0.05, 0.1) is 36.2 Å². The van der Waals surface area contributed by atoms with Crippen LogP contribution in [0.4, 0.5) is 0 Å². The van der Waals surface area contributed by atoms with E-state index in [0.717, 1.165) is 21.5 Å². The number of hydrazone groups is 1. The summed E-state index contributed by atoms with van der Waals surface area (Å²) in [5.74, 6) is 1.98. The average Bonchev–Trinajstić information content (AvgIpc) is 3.46. The summed E-state index contributed by atoms with van der Waals surface area (Å²) in [6, 6.07) is 3.61. The van der Waals surface area contributed by atoms with Crippen LogP contribution < -0.4 is 9.47 Å². The van der Waals surface area contributed by atoms with Crippen molar-refractivity contribution in [3.63, 3.8) is 0 Å². The molecule has 2 bridgehead atoms. The number of ether oxygens (including phenoxy) is 2. The zero-order valence-electron chi connectivity index (χ0n) is 15.7. The van der Waals surface area contributed by atoms with Crippen molar-refractivity contribution < 1.29 is 19.1 Å². The number of benzene rings is 1. The van der Waals surface area contributed by atoms with Crippen LogP contribution >= 0.6 is 15.9 Å². The summed E-state index contributed by atoms with van der Waals surface area (Å²) in [4.78, 5) is 25.9. The molecule has 1 aromatic carbocycles. The van der Waals surface area contributed by atoms with Crippen molar-refractivity contribution in [2.45, 2.75) is 13.3 Å². The Morgan fingerprint density at radius 2 is 1.82 bits per heavy atom. The molecule has 7 heteroatoms. The largest absolute Gasteiger partial charge is 0.492 e. The Labute approximate surface area is 171 Å². The highest BCUT2D eigenvalue weighted by Gasteiger charge is 2.67. The maximum atomic E-state index is 13.0. The van der Waals surface area contributed by atoms with Gasteiger partial charge < -0.3 is 9.47 Å². The highest BCUT2D eigenvalue weighted by atomic mass is 79.9. The third kappa shape index (κ3) is 2.48. The third-order valence-corrected chi connectivity index (χ3v) is 7.09. The van der Waals surface area contributed by atoms with Crippen molar-refractivity contribution in [2.24, 2.45) is 40.6 Å². The van der Waals surface area contributed by atoms with Crippen molar-refractivity contribution >= 4 is 34.0 Å². The molecule has 3 fully saturated rings. The van der Waals surface area contributed by atoms with E-state index in [1.807, 2.05) is 13.0 Å². The second-order valence-electron chi connectivity index (χ2n) is 7.85. The lowest BCUT2D eigenvalue weighted by atomic mass is 9.63. The molecule has 0 spiro atoms. The molecule has 0 radical (unpaired) electrons. The molecule has 0 aromatic heterocycles. The fourth-order valence-electron chi connectivity index (χ4n) is 5.30. The Bertz CT molecular complexity index is 891. The summed E-state index contributed by atoms with van der Waals surface area (Å²) < 4.78 is 11.7. The van der Waals surface area contributed by atoms with Crippen LogP contribution in [0.1, 0.15) is 18.9 Å². The average molecular weight is 445 g/mol. The molecule has 0 unspecified atom stereocenters. The number of halogens is 1. The molecule has 6 atom stereocenters. The molecular weight excluding hydrogens is 424 g/mol. The summed E-state index contributed by atoms with van der Waals surface area (Å²) in [5, 5.41) is 5.37. The van der Waals surface area contributed by atoms with Crippen molar-refractivity contribution in [3.8, 4) is 11.5 Å². The molecule has 1 aliphatic heterocycles. The van der Waals surface area contributed by atoms with Gasteiger partial charge in [-0.05, 0) is 70.6 Å². The zero-order valence-corrected chi connectivity index (χ0v) is 17.3. The molecule has 146 valence electrons. The molecule has 1 heterocycles. The van der Waals surface area contributed by atoms with Gasteiger partial charge in [0, 0.05) is 0 Å². The van der Waals surface area contributed by atoms with Gasteiger partial charge in [0.25, 0.3) is 11.8 Å². The third-order valence-electron chi connectivity index (χ3n) is 6.50. The quantitative estimate of drug-likeness (QED) is 0.397. The van der Waals surface area contributed by atoms with Crippen LogP contribution in [0.2, 0.25) is 0 Å². The van der Waals surface area contributed by atoms with E-state index in [-0.39, 0.29) is 35.5 Å². The van der Waals surface area contributed by atoms with Gasteiger partial charge >= 0.3 is 0 Å². The highest BCUT2D eigenvalue weighted by molar-refractivity contribution is 9.10. The predicted molar refractivity (Wildman–Crippen MR) is 106 cm³/mol. The normalized spacial score (nSPS) is 34.8. The number of methoxy groups -OCH3 is 1. The molecule has 5 aliphatic rings. The van der Waals surface area contributed by atoms with E-state index in [2.05, 4.69) is 33.2 Å². The van der Waals surface area contributed by atoms with Gasteiger partial charge in [0.1, 0.15) is 0 Å². The molecule has 6 nitrogen and oxygen atoms in total. The van der Waals surface area contributed by atoms with Gasteiger partial charge in [-0.15, -0.1) is 0 Å². The first-order valence-electron chi connectivity index (χ1n) is 9.65. The summed E-state index contributed by atoms with van der Waals surface area (Å²) in [5.41, 5.74) is 0.718. The van der Waals surface area contributed by atoms with Crippen molar-refractivity contribution in [1.29, 1.82) is 0 Å². The van der Waals surface area contributed by atoms with Gasteiger partial charge in [0.2, 0.25) is 0 Å². The van der Waals surface area contributed by atoms with Gasteiger partial charge in [-0.25, -0.2) is 0 Å². The number of rotatable bonds is 5. The second kappa shape index (κ2) is 6.44. The first kappa shape index (κ1) is 17.9. The van der Waals surface area contributed by atoms with Crippen LogP contribution in [-0.2, 0) is 9.59 Å². The Morgan fingerprint density at radius 3 is 2.39 bits per heavy atom. The van der Waals surface area contributed by atoms with Crippen molar-refractivity contribution in [2.75, 3.05) is 13.7 Å². The van der Waals surface area contributed by atoms with E-state index in [4.69, 9.17) is 9.47 Å². The minimum atomic E-state index is -0.231. The molecule has 0 N–H and O–H groups in total. The first-order valence-corrected chi connectivity index (χ1v) is 10.4. The van der Waals surface area contributed by atoms with E-state index in [1.165, 1.54) is 6.21 Å². The zero-order chi connectivity index (χ0) is 19.6. The fraction of sp³-hybridized carbons (Fsp3) is 0.476. The minimum absolute atomic E-state index is 0.159. The molecule has 2 saturated carbocycles. The molecule has 2 amide bonds. The standard InChI is InChI=1S/C21H21BrN2O4/c1-3-28-16-7-10(6-15(22)19(16)27-2)9-23-24-20(25)17-11-4-5-12(14-8-13(11)14)18(17)21(24)26/h4-7,9,11-14,17-18H,3,8H2,1-2H3/t11-,12-,13-,14-,17-,18+/m0/s1. The van der Waals surface area contributed by atoms with E-state index in [1.54, 1.807) is 13.2 Å². The van der Waals surface area contributed by atoms with Gasteiger partial charge in [-0.3, -0.25) is 9.59 Å². The predicted octanol–water partition coefficient (Wildman–Crippen LogP) is 3.24. The number of imide groups is 1. The molecule has 1 aromatic rings. The topological polar surface area (TPSA) is 68.2 Å². The van der Waals surface area contributed by atoms with E-state index >= 15 is 0 Å². The Morgan fingerprint density at radius 1 is 1.18 bits per heavy atom. The Balaban J connectivity index is 1.42. The molecule has 6 rings (SSSR count). The molecule has 28 heavy (non-hydrogen) atoms. The second-order valence-corrected chi connectivity index (χ2v) is 8.71. The molecule has 4 aliphatic carbocycles. The number of hydrogen-bond donors (Lipinski definition) is 0. The number of hydrogen-bond acceptors (Lipinski definition) is 5. The summed E-state index contributed by atoms with van der Waals surface area (Å²) in [6.45, 7) is 2.39. The maximum Gasteiger partial charge on any atom is 0.254 e. The monoisotopic (exact) mass is 444 g/mol. The summed E-state index contributed by atoms with van der Waals surface area (Å²) in [6.07, 6.45) is 7.01. The van der Waals surface area contributed by atoms with Crippen molar-refractivity contribution in [3.05, 3.63) is 34.3 Å². The number of carbonyl (C=O) groups excluding carboxylic acids is 2.